The molecule has 0 unspecified atom stereocenters. The van der Waals surface area contributed by atoms with Crippen molar-refractivity contribution in [3.8, 4) is 23.0 Å². The highest BCUT2D eigenvalue weighted by molar-refractivity contribution is 6.10. The van der Waals surface area contributed by atoms with Gasteiger partial charge >= 0.3 is 5.97 Å². The van der Waals surface area contributed by atoms with Gasteiger partial charge in [0.1, 0.15) is 5.69 Å². The molecular weight excluding hydrogens is 366 g/mol. The van der Waals surface area contributed by atoms with E-state index in [4.69, 9.17) is 23.7 Å². The molecule has 0 radical (unpaired) electrons. The predicted octanol–water partition coefficient (Wildman–Crippen LogP) is 3.15. The Labute approximate surface area is 163 Å². The van der Waals surface area contributed by atoms with Crippen molar-refractivity contribution in [2.75, 3.05) is 40.4 Å². The van der Waals surface area contributed by atoms with Gasteiger partial charge in [-0.2, -0.15) is 0 Å². The third-order valence-electron chi connectivity index (χ3n) is 3.93. The number of amides is 1. The Morgan fingerprint density at radius 2 is 1.50 bits per heavy atom. The third kappa shape index (κ3) is 4.28. The van der Waals surface area contributed by atoms with Crippen LogP contribution in [0.1, 0.15) is 27.6 Å². The number of rotatable bonds is 8. The summed E-state index contributed by atoms with van der Waals surface area (Å²) in [6.07, 6.45) is 0. The van der Waals surface area contributed by atoms with E-state index in [0.717, 1.165) is 0 Å². The average Bonchev–Trinajstić information content (AvgIpc) is 2.72. The molecule has 150 valence electrons. The van der Waals surface area contributed by atoms with E-state index in [2.05, 4.69) is 5.32 Å². The molecule has 0 aromatic heterocycles. The SMILES string of the molecule is CCOC(=O)c1ccc(OC)c(OC)c1NC(=O)c1ccc(OC)c(OC)c1. The molecule has 1 N–H and O–H groups in total. The van der Waals surface area contributed by atoms with Gasteiger partial charge in [0, 0.05) is 5.56 Å². The van der Waals surface area contributed by atoms with Crippen LogP contribution in [0.3, 0.4) is 0 Å². The molecule has 2 rings (SSSR count). The van der Waals surface area contributed by atoms with Crippen LogP contribution in [0.25, 0.3) is 0 Å². The van der Waals surface area contributed by atoms with Gasteiger partial charge in [0.15, 0.2) is 23.0 Å². The van der Waals surface area contributed by atoms with Crippen molar-refractivity contribution in [3.05, 3.63) is 41.5 Å². The summed E-state index contributed by atoms with van der Waals surface area (Å²) in [5, 5.41) is 2.71. The maximum atomic E-state index is 12.8. The van der Waals surface area contributed by atoms with Crippen molar-refractivity contribution in [3.63, 3.8) is 0 Å². The predicted molar refractivity (Wildman–Crippen MR) is 103 cm³/mol. The molecular formula is C20H23NO7. The molecule has 0 bridgehead atoms. The van der Waals surface area contributed by atoms with Gasteiger partial charge < -0.3 is 29.0 Å². The number of carbonyl (C=O) groups excluding carboxylic acids is 2. The Kier molecular flexibility index (Phi) is 7.08. The first kappa shape index (κ1) is 20.9. The summed E-state index contributed by atoms with van der Waals surface area (Å²) in [6.45, 7) is 1.89. The van der Waals surface area contributed by atoms with Crippen LogP contribution >= 0.6 is 0 Å². The van der Waals surface area contributed by atoms with E-state index < -0.39 is 11.9 Å². The fraction of sp³-hybridized carbons (Fsp3) is 0.300. The van der Waals surface area contributed by atoms with Crippen LogP contribution < -0.4 is 24.3 Å². The summed E-state index contributed by atoms with van der Waals surface area (Å²) in [4.78, 5) is 25.2. The maximum absolute atomic E-state index is 12.8. The second-order valence-corrected chi connectivity index (χ2v) is 5.47. The number of carbonyl (C=O) groups is 2. The molecule has 0 saturated heterocycles. The van der Waals surface area contributed by atoms with Crippen molar-refractivity contribution in [1.29, 1.82) is 0 Å². The summed E-state index contributed by atoms with van der Waals surface area (Å²) in [5.74, 6) is 0.396. The van der Waals surface area contributed by atoms with Gasteiger partial charge in [0.05, 0.1) is 40.6 Å². The molecule has 0 aliphatic carbocycles. The number of benzene rings is 2. The Morgan fingerprint density at radius 3 is 2.07 bits per heavy atom. The lowest BCUT2D eigenvalue weighted by molar-refractivity contribution is 0.0527. The number of methoxy groups -OCH3 is 4. The second kappa shape index (κ2) is 9.50. The molecule has 0 spiro atoms. The lowest BCUT2D eigenvalue weighted by Crippen LogP contribution is -2.17. The molecule has 2 aromatic rings. The van der Waals surface area contributed by atoms with E-state index in [1.165, 1.54) is 40.6 Å². The summed E-state index contributed by atoms with van der Waals surface area (Å²) in [5.41, 5.74) is 0.603. The lowest BCUT2D eigenvalue weighted by atomic mass is 10.1. The molecule has 0 heterocycles. The van der Waals surface area contributed by atoms with Gasteiger partial charge in [-0.3, -0.25) is 4.79 Å². The molecule has 8 heteroatoms. The normalized spacial score (nSPS) is 10.0. The third-order valence-corrected chi connectivity index (χ3v) is 3.93. The number of esters is 1. The molecule has 0 saturated carbocycles. The van der Waals surface area contributed by atoms with Crippen LogP contribution in [0.15, 0.2) is 30.3 Å². The minimum Gasteiger partial charge on any atom is -0.493 e. The first-order chi connectivity index (χ1) is 13.5. The van der Waals surface area contributed by atoms with Crippen LogP contribution in [-0.4, -0.2) is 46.9 Å². The van der Waals surface area contributed by atoms with Gasteiger partial charge in [-0.1, -0.05) is 0 Å². The van der Waals surface area contributed by atoms with Crippen LogP contribution in [0, 0.1) is 0 Å². The van der Waals surface area contributed by atoms with Crippen LogP contribution in [0.5, 0.6) is 23.0 Å². The molecule has 8 nitrogen and oxygen atoms in total. The van der Waals surface area contributed by atoms with E-state index >= 15 is 0 Å². The zero-order chi connectivity index (χ0) is 20.7. The average molecular weight is 389 g/mol. The maximum Gasteiger partial charge on any atom is 0.340 e. The minimum atomic E-state index is -0.592. The molecule has 0 fully saturated rings. The van der Waals surface area contributed by atoms with E-state index in [0.29, 0.717) is 22.8 Å². The van der Waals surface area contributed by atoms with E-state index in [1.807, 2.05) is 0 Å². The van der Waals surface area contributed by atoms with E-state index in [1.54, 1.807) is 25.1 Å². The Bertz CT molecular complexity index is 864. The lowest BCUT2D eigenvalue weighted by Gasteiger charge is -2.17. The van der Waals surface area contributed by atoms with Crippen molar-refractivity contribution in [1.82, 2.24) is 0 Å². The molecule has 0 atom stereocenters. The number of anilines is 1. The minimum absolute atomic E-state index is 0.147. The smallest absolute Gasteiger partial charge is 0.340 e. The highest BCUT2D eigenvalue weighted by Crippen LogP contribution is 2.39. The van der Waals surface area contributed by atoms with Gasteiger partial charge in [-0.15, -0.1) is 0 Å². The number of hydrogen-bond acceptors (Lipinski definition) is 7. The van der Waals surface area contributed by atoms with Gasteiger partial charge in [-0.25, -0.2) is 4.79 Å². The number of ether oxygens (including phenoxy) is 5. The molecule has 0 aliphatic heterocycles. The first-order valence-electron chi connectivity index (χ1n) is 8.46. The first-order valence-corrected chi connectivity index (χ1v) is 8.46. The van der Waals surface area contributed by atoms with Crippen molar-refractivity contribution < 1.29 is 33.3 Å². The number of hydrogen-bond donors (Lipinski definition) is 1. The second-order valence-electron chi connectivity index (χ2n) is 5.47. The van der Waals surface area contributed by atoms with Crippen molar-refractivity contribution >= 4 is 17.6 Å². The van der Waals surface area contributed by atoms with Gasteiger partial charge in [0.2, 0.25) is 0 Å². The summed E-state index contributed by atoms with van der Waals surface area (Å²) in [7, 11) is 5.86. The fourth-order valence-electron chi connectivity index (χ4n) is 2.59. The standard InChI is InChI=1S/C20H23NO7/c1-6-28-20(23)13-8-10-15(25-3)18(27-5)17(13)21-19(22)12-7-9-14(24-2)16(11-12)26-4/h7-11H,6H2,1-5H3,(H,21,22). The van der Waals surface area contributed by atoms with Crippen molar-refractivity contribution in [2.24, 2.45) is 0 Å². The fourth-order valence-corrected chi connectivity index (χ4v) is 2.59. The topological polar surface area (TPSA) is 92.3 Å². The van der Waals surface area contributed by atoms with E-state index in [-0.39, 0.29) is 23.6 Å². The zero-order valence-corrected chi connectivity index (χ0v) is 16.5. The quantitative estimate of drug-likeness (QED) is 0.693. The zero-order valence-electron chi connectivity index (χ0n) is 16.5. The van der Waals surface area contributed by atoms with Crippen LogP contribution in [0.2, 0.25) is 0 Å². The Hall–Kier alpha value is -3.42. The van der Waals surface area contributed by atoms with E-state index in [9.17, 15) is 9.59 Å². The summed E-state index contributed by atoms with van der Waals surface area (Å²) < 4.78 is 26.1. The van der Waals surface area contributed by atoms with Gasteiger partial charge in [0.25, 0.3) is 5.91 Å². The van der Waals surface area contributed by atoms with Crippen LogP contribution in [0.4, 0.5) is 5.69 Å². The molecule has 28 heavy (non-hydrogen) atoms. The highest BCUT2D eigenvalue weighted by atomic mass is 16.5. The summed E-state index contributed by atoms with van der Waals surface area (Å²) >= 11 is 0. The number of nitrogens with one attached hydrogen (secondary N) is 1. The molecule has 1 amide bonds. The van der Waals surface area contributed by atoms with Gasteiger partial charge in [-0.05, 0) is 37.3 Å². The Balaban J connectivity index is 2.48. The van der Waals surface area contributed by atoms with Crippen molar-refractivity contribution in [2.45, 2.75) is 6.92 Å². The largest absolute Gasteiger partial charge is 0.493 e. The molecule has 2 aromatic carbocycles. The molecule has 0 aliphatic rings. The van der Waals surface area contributed by atoms with Crippen LogP contribution in [-0.2, 0) is 4.74 Å². The Morgan fingerprint density at radius 1 is 0.857 bits per heavy atom. The summed E-state index contributed by atoms with van der Waals surface area (Å²) in [6, 6.07) is 7.79. The monoisotopic (exact) mass is 389 g/mol. The highest BCUT2D eigenvalue weighted by Gasteiger charge is 2.23.